The Kier molecular flexibility index (Phi) is 4.10. The average Bonchev–Trinajstić information content (AvgIpc) is 2.85. The molecule has 0 saturated heterocycles. The average molecular weight is 252 g/mol. The summed E-state index contributed by atoms with van der Waals surface area (Å²) in [4.78, 5) is 11.9. The second-order valence-electron chi connectivity index (χ2n) is 5.17. The molecular weight excluding hydrogens is 234 g/mol. The highest BCUT2D eigenvalue weighted by atomic mass is 19.1. The van der Waals surface area contributed by atoms with Gasteiger partial charge in [-0.05, 0) is 30.9 Å². The third-order valence-corrected chi connectivity index (χ3v) is 3.82. The van der Waals surface area contributed by atoms with Crippen LogP contribution in [0.4, 0.5) is 8.78 Å². The molecule has 0 atom stereocenters. The lowest BCUT2D eigenvalue weighted by atomic mass is 9.96. The summed E-state index contributed by atoms with van der Waals surface area (Å²) in [5.74, 6) is -1.29. The van der Waals surface area contributed by atoms with Gasteiger partial charge in [0.05, 0.1) is 5.56 Å². The second kappa shape index (κ2) is 5.59. The minimum Gasteiger partial charge on any atom is -0.294 e. The fourth-order valence-corrected chi connectivity index (χ4v) is 2.67. The van der Waals surface area contributed by atoms with Crippen LogP contribution in [0.25, 0.3) is 0 Å². The van der Waals surface area contributed by atoms with Gasteiger partial charge in [-0.3, -0.25) is 4.79 Å². The number of hydrogen-bond acceptors (Lipinski definition) is 1. The Hall–Kier alpha value is -1.25. The Balaban J connectivity index is 2.06. The molecule has 0 aliphatic heterocycles. The monoisotopic (exact) mass is 252 g/mol. The van der Waals surface area contributed by atoms with E-state index in [2.05, 4.69) is 0 Å². The molecule has 0 bridgehead atoms. The van der Waals surface area contributed by atoms with E-state index in [0.29, 0.717) is 11.5 Å². The summed E-state index contributed by atoms with van der Waals surface area (Å²) in [7, 11) is 0. The van der Waals surface area contributed by atoms with Crippen molar-refractivity contribution in [3.05, 3.63) is 34.9 Å². The first-order valence-corrected chi connectivity index (χ1v) is 6.57. The van der Waals surface area contributed by atoms with Gasteiger partial charge in [-0.1, -0.05) is 31.7 Å². The van der Waals surface area contributed by atoms with Gasteiger partial charge in [0, 0.05) is 6.42 Å². The molecular formula is C15H18F2O. The molecule has 1 aromatic rings. The van der Waals surface area contributed by atoms with Crippen LogP contribution in [0.5, 0.6) is 0 Å². The molecule has 1 aliphatic rings. The van der Waals surface area contributed by atoms with Gasteiger partial charge in [-0.25, -0.2) is 8.78 Å². The molecule has 1 aromatic carbocycles. The molecule has 1 aliphatic carbocycles. The standard InChI is InChI=1S/C15H18F2O/c1-10-6-8-12(16)14(15(10)17)13(18)9-7-11-4-2-3-5-11/h6,8,11H,2-5,7,9H2,1H3. The highest BCUT2D eigenvalue weighted by molar-refractivity contribution is 5.96. The van der Waals surface area contributed by atoms with Crippen LogP contribution in [0.1, 0.15) is 54.4 Å². The zero-order chi connectivity index (χ0) is 13.1. The molecule has 0 amide bonds. The summed E-state index contributed by atoms with van der Waals surface area (Å²) >= 11 is 0. The maximum absolute atomic E-state index is 13.8. The Morgan fingerprint density at radius 2 is 1.94 bits per heavy atom. The molecule has 18 heavy (non-hydrogen) atoms. The maximum Gasteiger partial charge on any atom is 0.168 e. The van der Waals surface area contributed by atoms with Gasteiger partial charge in [0.25, 0.3) is 0 Å². The minimum absolute atomic E-state index is 0.252. The number of Topliss-reactive ketones (excluding diaryl/α,β-unsaturated/α-hetero) is 1. The van der Waals surface area contributed by atoms with Gasteiger partial charge < -0.3 is 0 Å². The summed E-state index contributed by atoms with van der Waals surface area (Å²) in [6, 6.07) is 2.53. The van der Waals surface area contributed by atoms with Crippen molar-refractivity contribution >= 4 is 5.78 Å². The van der Waals surface area contributed by atoms with E-state index >= 15 is 0 Å². The molecule has 0 spiro atoms. The quantitative estimate of drug-likeness (QED) is 0.725. The van der Waals surface area contributed by atoms with Crippen molar-refractivity contribution in [3.8, 4) is 0 Å². The third kappa shape index (κ3) is 2.77. The van der Waals surface area contributed by atoms with Gasteiger partial charge >= 0.3 is 0 Å². The second-order valence-corrected chi connectivity index (χ2v) is 5.17. The van der Waals surface area contributed by atoms with E-state index in [1.54, 1.807) is 6.92 Å². The van der Waals surface area contributed by atoms with Crippen LogP contribution in [0.2, 0.25) is 0 Å². The van der Waals surface area contributed by atoms with E-state index in [-0.39, 0.29) is 12.0 Å². The normalized spacial score (nSPS) is 16.2. The largest absolute Gasteiger partial charge is 0.294 e. The lowest BCUT2D eigenvalue weighted by Crippen LogP contribution is -2.09. The van der Waals surface area contributed by atoms with Crippen LogP contribution >= 0.6 is 0 Å². The van der Waals surface area contributed by atoms with Gasteiger partial charge in [-0.15, -0.1) is 0 Å². The zero-order valence-electron chi connectivity index (χ0n) is 10.6. The zero-order valence-corrected chi connectivity index (χ0v) is 10.6. The van der Waals surface area contributed by atoms with Gasteiger partial charge in [-0.2, -0.15) is 0 Å². The number of rotatable bonds is 4. The van der Waals surface area contributed by atoms with Crippen molar-refractivity contribution < 1.29 is 13.6 Å². The molecule has 0 N–H and O–H groups in total. The smallest absolute Gasteiger partial charge is 0.168 e. The molecule has 1 saturated carbocycles. The Bertz CT molecular complexity index is 448. The molecule has 1 fully saturated rings. The number of benzene rings is 1. The van der Waals surface area contributed by atoms with Gasteiger partial charge in [0.15, 0.2) is 5.78 Å². The van der Waals surface area contributed by atoms with Crippen molar-refractivity contribution in [2.75, 3.05) is 0 Å². The molecule has 2 rings (SSSR count). The Morgan fingerprint density at radius 3 is 2.61 bits per heavy atom. The number of carbonyl (C=O) groups excluding carboxylic acids is 1. The molecule has 0 radical (unpaired) electrons. The van der Waals surface area contributed by atoms with Crippen molar-refractivity contribution in [1.29, 1.82) is 0 Å². The van der Waals surface area contributed by atoms with Crippen LogP contribution in [-0.4, -0.2) is 5.78 Å². The molecule has 1 nitrogen and oxygen atoms in total. The predicted molar refractivity (Wildman–Crippen MR) is 66.6 cm³/mol. The first kappa shape index (κ1) is 13.2. The van der Waals surface area contributed by atoms with Crippen LogP contribution < -0.4 is 0 Å². The molecule has 0 heterocycles. The molecule has 3 heteroatoms. The third-order valence-electron chi connectivity index (χ3n) is 3.82. The van der Waals surface area contributed by atoms with Crippen molar-refractivity contribution in [2.24, 2.45) is 5.92 Å². The lowest BCUT2D eigenvalue weighted by Gasteiger charge is -2.09. The summed E-state index contributed by atoms with van der Waals surface area (Å²) in [5.41, 5.74) is -0.0337. The molecule has 0 unspecified atom stereocenters. The fraction of sp³-hybridized carbons (Fsp3) is 0.533. The first-order chi connectivity index (χ1) is 8.59. The summed E-state index contributed by atoms with van der Waals surface area (Å²) < 4.78 is 27.3. The van der Waals surface area contributed by atoms with Gasteiger partial charge in [0.1, 0.15) is 11.6 Å². The van der Waals surface area contributed by atoms with E-state index in [0.717, 1.165) is 19.3 Å². The Labute approximate surface area is 106 Å². The SMILES string of the molecule is Cc1ccc(F)c(C(=O)CCC2CCCC2)c1F. The maximum atomic E-state index is 13.8. The van der Waals surface area contributed by atoms with Crippen LogP contribution in [-0.2, 0) is 0 Å². The molecule has 0 aromatic heterocycles. The number of ketones is 1. The lowest BCUT2D eigenvalue weighted by molar-refractivity contribution is 0.0965. The summed E-state index contributed by atoms with van der Waals surface area (Å²) in [6.07, 6.45) is 5.73. The Morgan fingerprint density at radius 1 is 1.28 bits per heavy atom. The summed E-state index contributed by atoms with van der Waals surface area (Å²) in [5, 5.41) is 0. The minimum atomic E-state index is -0.741. The van der Waals surface area contributed by atoms with Crippen molar-refractivity contribution in [1.82, 2.24) is 0 Å². The van der Waals surface area contributed by atoms with Crippen molar-refractivity contribution in [2.45, 2.75) is 45.4 Å². The van der Waals surface area contributed by atoms with Crippen molar-refractivity contribution in [3.63, 3.8) is 0 Å². The van der Waals surface area contributed by atoms with E-state index in [1.165, 1.54) is 25.0 Å². The number of aryl methyl sites for hydroxylation is 1. The van der Waals surface area contributed by atoms with E-state index in [9.17, 15) is 13.6 Å². The highest BCUT2D eigenvalue weighted by Crippen LogP contribution is 2.29. The fourth-order valence-electron chi connectivity index (χ4n) is 2.67. The van der Waals surface area contributed by atoms with E-state index in [4.69, 9.17) is 0 Å². The molecule has 98 valence electrons. The van der Waals surface area contributed by atoms with Crippen LogP contribution in [0.15, 0.2) is 12.1 Å². The highest BCUT2D eigenvalue weighted by Gasteiger charge is 2.21. The van der Waals surface area contributed by atoms with Crippen LogP contribution in [0, 0.1) is 24.5 Å². The van der Waals surface area contributed by atoms with E-state index in [1.807, 2.05) is 0 Å². The number of carbonyl (C=O) groups is 1. The summed E-state index contributed by atoms with van der Waals surface area (Å²) in [6.45, 7) is 1.54. The van der Waals surface area contributed by atoms with Gasteiger partial charge in [0.2, 0.25) is 0 Å². The van der Waals surface area contributed by atoms with Crippen LogP contribution in [0.3, 0.4) is 0 Å². The first-order valence-electron chi connectivity index (χ1n) is 6.57. The number of halogens is 2. The van der Waals surface area contributed by atoms with E-state index < -0.39 is 17.4 Å². The number of hydrogen-bond donors (Lipinski definition) is 0. The topological polar surface area (TPSA) is 17.1 Å². The predicted octanol–water partition coefficient (Wildman–Crippen LogP) is 4.43.